The smallest absolute Gasteiger partial charge is 0.269 e. The summed E-state index contributed by atoms with van der Waals surface area (Å²) in [6.07, 6.45) is 5.14. The first-order valence-electron chi connectivity index (χ1n) is 14.7. The molecule has 9 nitrogen and oxygen atoms in total. The number of hydrogen-bond donors (Lipinski definition) is 2. The largest absolute Gasteiger partial charge is 0.482 e. The lowest BCUT2D eigenvalue weighted by atomic mass is 9.82. The van der Waals surface area contributed by atoms with Crippen LogP contribution in [-0.4, -0.2) is 58.6 Å². The topological polar surface area (TPSA) is 111 Å². The van der Waals surface area contributed by atoms with Crippen LogP contribution in [0.2, 0.25) is 0 Å². The van der Waals surface area contributed by atoms with Crippen molar-refractivity contribution in [3.8, 4) is 5.75 Å². The quantitative estimate of drug-likeness (QED) is 0.389. The summed E-state index contributed by atoms with van der Waals surface area (Å²) in [5, 5.41) is 21.9. The van der Waals surface area contributed by atoms with E-state index in [1.807, 2.05) is 42.5 Å². The van der Waals surface area contributed by atoms with Gasteiger partial charge in [0.05, 0.1) is 30.6 Å². The van der Waals surface area contributed by atoms with Gasteiger partial charge in [-0.1, -0.05) is 61.5 Å². The Morgan fingerprint density at radius 2 is 1.84 bits per heavy atom. The zero-order valence-electron chi connectivity index (χ0n) is 24.1. The number of para-hydroxylation sites is 2. The molecule has 2 N–H and O–H groups in total. The van der Waals surface area contributed by atoms with E-state index in [0.29, 0.717) is 34.9 Å². The first-order valence-corrected chi connectivity index (χ1v) is 14.7. The Balaban J connectivity index is 1.35. The van der Waals surface area contributed by atoms with Crippen LogP contribution >= 0.6 is 0 Å². The third-order valence-electron chi connectivity index (χ3n) is 8.69. The summed E-state index contributed by atoms with van der Waals surface area (Å²) in [4.78, 5) is 44.9. The molecule has 3 amide bonds. The third kappa shape index (κ3) is 5.08. The molecule has 3 aromatic rings. The number of benzene rings is 3. The molecule has 6 rings (SSSR count). The van der Waals surface area contributed by atoms with Crippen LogP contribution in [0.15, 0.2) is 84.9 Å². The minimum Gasteiger partial charge on any atom is -0.482 e. The summed E-state index contributed by atoms with van der Waals surface area (Å²) in [5.74, 6) is -0.949. The molecule has 1 fully saturated rings. The fourth-order valence-electron chi connectivity index (χ4n) is 6.37. The summed E-state index contributed by atoms with van der Waals surface area (Å²) in [6, 6.07) is 21.9. The second-order valence-corrected chi connectivity index (χ2v) is 11.3. The summed E-state index contributed by atoms with van der Waals surface area (Å²) < 4.78 is 5.62. The Morgan fingerprint density at radius 3 is 2.63 bits per heavy atom. The summed E-state index contributed by atoms with van der Waals surface area (Å²) in [5.41, 5.74) is 1.03. The maximum absolute atomic E-state index is 14.1. The SMILES string of the molecule is C[C@@H](/C=C/CC(=O)N1CCC[C@H]1CO)[C@]1(O)C(=O)N(Cc2ccccc2)c2ccc(N3C(=O)COc4ccccc43)cc21. The van der Waals surface area contributed by atoms with Crippen molar-refractivity contribution in [3.63, 3.8) is 0 Å². The predicted octanol–water partition coefficient (Wildman–Crippen LogP) is 4.04. The molecule has 0 spiro atoms. The molecule has 3 aromatic carbocycles. The van der Waals surface area contributed by atoms with Gasteiger partial charge in [-0.15, -0.1) is 0 Å². The Kier molecular flexibility index (Phi) is 7.77. The number of fused-ring (bicyclic) bond motifs is 2. The molecule has 3 heterocycles. The van der Waals surface area contributed by atoms with E-state index in [2.05, 4.69) is 0 Å². The van der Waals surface area contributed by atoms with E-state index in [4.69, 9.17) is 4.74 Å². The number of aliphatic hydroxyl groups excluding tert-OH is 1. The first-order chi connectivity index (χ1) is 20.8. The molecule has 43 heavy (non-hydrogen) atoms. The number of hydrogen-bond acceptors (Lipinski definition) is 6. The van der Waals surface area contributed by atoms with Gasteiger partial charge in [0.2, 0.25) is 5.91 Å². The van der Waals surface area contributed by atoms with Crippen molar-refractivity contribution >= 4 is 34.8 Å². The Morgan fingerprint density at radius 1 is 1.07 bits per heavy atom. The van der Waals surface area contributed by atoms with E-state index >= 15 is 0 Å². The summed E-state index contributed by atoms with van der Waals surface area (Å²) in [6.45, 7) is 2.44. The highest BCUT2D eigenvalue weighted by atomic mass is 16.5. The molecule has 0 unspecified atom stereocenters. The molecule has 222 valence electrons. The Bertz CT molecular complexity index is 1570. The van der Waals surface area contributed by atoms with Crippen molar-refractivity contribution in [1.29, 1.82) is 0 Å². The fraction of sp³-hybridized carbons (Fsp3) is 0.324. The molecule has 9 heteroatoms. The summed E-state index contributed by atoms with van der Waals surface area (Å²) >= 11 is 0. The molecule has 3 aliphatic rings. The van der Waals surface area contributed by atoms with Crippen LogP contribution < -0.4 is 14.5 Å². The molecular formula is C34H35N3O6. The number of amides is 3. The van der Waals surface area contributed by atoms with Gasteiger partial charge in [0.25, 0.3) is 11.8 Å². The van der Waals surface area contributed by atoms with E-state index in [1.54, 1.807) is 64.1 Å². The number of rotatable bonds is 8. The number of carbonyl (C=O) groups is 3. The minimum atomic E-state index is -1.93. The Hall–Kier alpha value is -4.47. The van der Waals surface area contributed by atoms with E-state index in [0.717, 1.165) is 18.4 Å². The molecule has 0 radical (unpaired) electrons. The number of likely N-dealkylation sites (tertiary alicyclic amines) is 1. The Labute approximate surface area is 250 Å². The van der Waals surface area contributed by atoms with Crippen molar-refractivity contribution in [3.05, 3.63) is 96.1 Å². The second kappa shape index (κ2) is 11.7. The van der Waals surface area contributed by atoms with Crippen LogP contribution in [0.5, 0.6) is 5.75 Å². The van der Waals surface area contributed by atoms with Gasteiger partial charge in [0, 0.05) is 30.1 Å². The van der Waals surface area contributed by atoms with E-state index in [1.165, 1.54) is 0 Å². The maximum atomic E-state index is 14.1. The lowest BCUT2D eigenvalue weighted by molar-refractivity contribution is -0.139. The van der Waals surface area contributed by atoms with Gasteiger partial charge in [-0.05, 0) is 48.7 Å². The average molecular weight is 582 g/mol. The second-order valence-electron chi connectivity index (χ2n) is 11.3. The highest BCUT2D eigenvalue weighted by molar-refractivity contribution is 6.09. The van der Waals surface area contributed by atoms with Gasteiger partial charge < -0.3 is 24.7 Å². The standard InChI is InChI=1S/C34H35N3O6/c1-23(9-7-15-31(39)35-18-8-12-26(35)21-38)34(42)27-19-25(37-29-13-5-6-14-30(29)43-22-32(37)40)16-17-28(27)36(33(34)41)20-24-10-3-2-4-11-24/h2-7,9-11,13-14,16-17,19,23,26,38,42H,8,12,15,18,20-22H2,1H3/b9-7+/t23-,26-,34+/m0/s1. The van der Waals surface area contributed by atoms with Crippen LogP contribution in [0.4, 0.5) is 17.1 Å². The highest BCUT2D eigenvalue weighted by Gasteiger charge is 2.53. The van der Waals surface area contributed by atoms with Crippen molar-refractivity contribution in [2.75, 3.05) is 29.6 Å². The molecule has 3 atom stereocenters. The molecule has 0 saturated carbocycles. The van der Waals surface area contributed by atoms with Crippen LogP contribution in [0.1, 0.15) is 37.3 Å². The number of aliphatic hydroxyl groups is 2. The lowest BCUT2D eigenvalue weighted by Gasteiger charge is -2.31. The number of nitrogens with zero attached hydrogens (tertiary/aromatic N) is 3. The van der Waals surface area contributed by atoms with Gasteiger partial charge in [0.15, 0.2) is 12.2 Å². The van der Waals surface area contributed by atoms with Crippen molar-refractivity contribution in [2.45, 2.75) is 44.4 Å². The molecular weight excluding hydrogens is 546 g/mol. The maximum Gasteiger partial charge on any atom is 0.269 e. The normalized spacial score (nSPS) is 22.1. The highest BCUT2D eigenvalue weighted by Crippen LogP contribution is 2.48. The fourth-order valence-corrected chi connectivity index (χ4v) is 6.37. The zero-order valence-corrected chi connectivity index (χ0v) is 24.1. The van der Waals surface area contributed by atoms with Crippen LogP contribution in [0.25, 0.3) is 0 Å². The van der Waals surface area contributed by atoms with Gasteiger partial charge >= 0.3 is 0 Å². The van der Waals surface area contributed by atoms with Crippen LogP contribution in [0.3, 0.4) is 0 Å². The van der Waals surface area contributed by atoms with Crippen molar-refractivity contribution in [1.82, 2.24) is 4.90 Å². The first kappa shape index (κ1) is 28.6. The predicted molar refractivity (Wildman–Crippen MR) is 162 cm³/mol. The van der Waals surface area contributed by atoms with Crippen LogP contribution in [-0.2, 0) is 26.5 Å². The average Bonchev–Trinajstić information content (AvgIpc) is 3.59. The summed E-state index contributed by atoms with van der Waals surface area (Å²) in [7, 11) is 0. The number of anilines is 3. The zero-order chi connectivity index (χ0) is 30.1. The lowest BCUT2D eigenvalue weighted by Crippen LogP contribution is -2.44. The van der Waals surface area contributed by atoms with E-state index in [-0.39, 0.29) is 44.0 Å². The van der Waals surface area contributed by atoms with Gasteiger partial charge in [-0.3, -0.25) is 19.3 Å². The number of carbonyl (C=O) groups excluding carboxylic acids is 3. The minimum absolute atomic E-state index is 0.0629. The van der Waals surface area contributed by atoms with Crippen molar-refractivity contribution in [2.24, 2.45) is 5.92 Å². The number of ether oxygens (including phenoxy) is 1. The van der Waals surface area contributed by atoms with Gasteiger partial charge in [0.1, 0.15) is 5.75 Å². The molecule has 0 aromatic heterocycles. The monoisotopic (exact) mass is 581 g/mol. The molecule has 3 aliphatic heterocycles. The molecule has 0 aliphatic carbocycles. The van der Waals surface area contributed by atoms with Crippen molar-refractivity contribution < 1.29 is 29.3 Å². The van der Waals surface area contributed by atoms with E-state index in [9.17, 15) is 24.6 Å². The molecule has 1 saturated heterocycles. The van der Waals surface area contributed by atoms with Crippen LogP contribution in [0, 0.1) is 5.92 Å². The molecule has 0 bridgehead atoms. The third-order valence-corrected chi connectivity index (χ3v) is 8.69. The van der Waals surface area contributed by atoms with E-state index < -0.39 is 17.4 Å². The van der Waals surface area contributed by atoms with Gasteiger partial charge in [-0.25, -0.2) is 0 Å². The van der Waals surface area contributed by atoms with Gasteiger partial charge in [-0.2, -0.15) is 0 Å².